The Balaban J connectivity index is 2.42. The lowest BCUT2D eigenvalue weighted by Crippen LogP contribution is -2.49. The zero-order valence-electron chi connectivity index (χ0n) is 11.5. The molecule has 0 amide bonds. The molecule has 1 heterocycles. The summed E-state index contributed by atoms with van der Waals surface area (Å²) in [6.45, 7) is 5.92. The van der Waals surface area contributed by atoms with E-state index in [1.54, 1.807) is 0 Å². The maximum absolute atomic E-state index is 3.33. The predicted molar refractivity (Wildman–Crippen MR) is 70.9 cm³/mol. The van der Waals surface area contributed by atoms with E-state index in [-0.39, 0.29) is 0 Å². The molecule has 1 N–H and O–H groups in total. The second-order valence-corrected chi connectivity index (χ2v) is 5.20. The molecular formula is C13H29N3. The number of hydrogen-bond donors (Lipinski definition) is 1. The van der Waals surface area contributed by atoms with Crippen LogP contribution in [0.1, 0.15) is 32.6 Å². The lowest BCUT2D eigenvalue weighted by molar-refractivity contribution is 0.102. The first-order chi connectivity index (χ1) is 7.69. The lowest BCUT2D eigenvalue weighted by Gasteiger charge is -2.39. The van der Waals surface area contributed by atoms with E-state index in [1.165, 1.54) is 38.8 Å². The minimum atomic E-state index is 0.711. The fourth-order valence-electron chi connectivity index (χ4n) is 2.72. The summed E-state index contributed by atoms with van der Waals surface area (Å²) < 4.78 is 0. The number of nitrogens with zero attached hydrogens (tertiary/aromatic N) is 2. The number of likely N-dealkylation sites (tertiary alicyclic amines) is 1. The summed E-state index contributed by atoms with van der Waals surface area (Å²) in [4.78, 5) is 5.06. The van der Waals surface area contributed by atoms with Crippen molar-refractivity contribution >= 4 is 0 Å². The van der Waals surface area contributed by atoms with Gasteiger partial charge in [-0.05, 0) is 53.5 Å². The van der Waals surface area contributed by atoms with Crippen LogP contribution in [0.3, 0.4) is 0 Å². The van der Waals surface area contributed by atoms with Crippen molar-refractivity contribution in [2.45, 2.75) is 44.7 Å². The van der Waals surface area contributed by atoms with E-state index < -0.39 is 0 Å². The van der Waals surface area contributed by atoms with Crippen LogP contribution in [-0.4, -0.2) is 62.7 Å². The second-order valence-electron chi connectivity index (χ2n) is 5.20. The van der Waals surface area contributed by atoms with E-state index in [0.717, 1.165) is 12.6 Å². The van der Waals surface area contributed by atoms with E-state index in [9.17, 15) is 0 Å². The van der Waals surface area contributed by atoms with Crippen LogP contribution in [0.25, 0.3) is 0 Å². The number of hydrogen-bond acceptors (Lipinski definition) is 3. The lowest BCUT2D eigenvalue weighted by atomic mass is 10.0. The predicted octanol–water partition coefficient (Wildman–Crippen LogP) is 1.40. The largest absolute Gasteiger partial charge is 0.318 e. The summed E-state index contributed by atoms with van der Waals surface area (Å²) in [7, 11) is 6.60. The number of rotatable bonds is 6. The van der Waals surface area contributed by atoms with Gasteiger partial charge in [0.15, 0.2) is 0 Å². The summed E-state index contributed by atoms with van der Waals surface area (Å²) in [6, 6.07) is 1.50. The Morgan fingerprint density at radius 3 is 2.50 bits per heavy atom. The average Bonchev–Trinajstić information content (AvgIpc) is 2.29. The summed E-state index contributed by atoms with van der Waals surface area (Å²) in [5.74, 6) is 0. The third-order valence-electron chi connectivity index (χ3n) is 3.90. The van der Waals surface area contributed by atoms with Gasteiger partial charge in [0.2, 0.25) is 0 Å². The highest BCUT2D eigenvalue weighted by atomic mass is 15.2. The minimum absolute atomic E-state index is 0.711. The first-order valence-electron chi connectivity index (χ1n) is 6.74. The fourth-order valence-corrected chi connectivity index (χ4v) is 2.72. The Morgan fingerprint density at radius 2 is 2.00 bits per heavy atom. The van der Waals surface area contributed by atoms with Crippen LogP contribution < -0.4 is 5.32 Å². The van der Waals surface area contributed by atoms with Crippen molar-refractivity contribution in [2.75, 3.05) is 40.8 Å². The first kappa shape index (κ1) is 13.9. The Kier molecular flexibility index (Phi) is 6.32. The zero-order valence-corrected chi connectivity index (χ0v) is 11.5. The van der Waals surface area contributed by atoms with Gasteiger partial charge in [0.1, 0.15) is 0 Å². The summed E-state index contributed by atoms with van der Waals surface area (Å²) >= 11 is 0. The van der Waals surface area contributed by atoms with Gasteiger partial charge < -0.3 is 10.2 Å². The molecule has 1 aliphatic rings. The van der Waals surface area contributed by atoms with E-state index in [4.69, 9.17) is 0 Å². The molecule has 3 heteroatoms. The van der Waals surface area contributed by atoms with Gasteiger partial charge in [-0.2, -0.15) is 0 Å². The van der Waals surface area contributed by atoms with Gasteiger partial charge in [-0.25, -0.2) is 0 Å². The van der Waals surface area contributed by atoms with Crippen molar-refractivity contribution in [2.24, 2.45) is 0 Å². The van der Waals surface area contributed by atoms with Crippen LogP contribution in [0.2, 0.25) is 0 Å². The van der Waals surface area contributed by atoms with E-state index in [2.05, 4.69) is 43.2 Å². The van der Waals surface area contributed by atoms with Crippen molar-refractivity contribution < 1.29 is 0 Å². The Hall–Kier alpha value is -0.120. The van der Waals surface area contributed by atoms with Gasteiger partial charge in [0, 0.05) is 18.6 Å². The van der Waals surface area contributed by atoms with E-state index in [0.29, 0.717) is 6.04 Å². The molecule has 1 fully saturated rings. The van der Waals surface area contributed by atoms with Crippen LogP contribution >= 0.6 is 0 Å². The number of piperidine rings is 1. The van der Waals surface area contributed by atoms with E-state index >= 15 is 0 Å². The average molecular weight is 227 g/mol. The molecule has 0 saturated carbocycles. The zero-order chi connectivity index (χ0) is 12.0. The molecule has 0 aromatic heterocycles. The van der Waals surface area contributed by atoms with Gasteiger partial charge in [0.05, 0.1) is 0 Å². The molecule has 3 nitrogen and oxygen atoms in total. The molecule has 0 spiro atoms. The Labute approximate surface area is 101 Å². The number of likely N-dealkylation sites (N-methyl/N-ethyl adjacent to an activating group) is 2. The van der Waals surface area contributed by atoms with Gasteiger partial charge in [0.25, 0.3) is 0 Å². The third-order valence-corrected chi connectivity index (χ3v) is 3.90. The van der Waals surface area contributed by atoms with Crippen LogP contribution in [0, 0.1) is 0 Å². The molecule has 1 saturated heterocycles. The highest BCUT2D eigenvalue weighted by Crippen LogP contribution is 2.18. The normalized spacial score (nSPS) is 21.6. The highest BCUT2D eigenvalue weighted by molar-refractivity contribution is 4.82. The van der Waals surface area contributed by atoms with E-state index in [1.807, 2.05) is 0 Å². The Morgan fingerprint density at radius 1 is 1.38 bits per heavy atom. The monoisotopic (exact) mass is 227 g/mol. The molecular weight excluding hydrogens is 198 g/mol. The molecule has 96 valence electrons. The second kappa shape index (κ2) is 7.25. The molecule has 0 bridgehead atoms. The molecule has 0 radical (unpaired) electrons. The molecule has 1 aliphatic heterocycles. The summed E-state index contributed by atoms with van der Waals surface area (Å²) in [6.07, 6.45) is 5.25. The molecule has 0 aromatic rings. The quantitative estimate of drug-likeness (QED) is 0.740. The maximum atomic E-state index is 3.33. The number of nitrogens with one attached hydrogen (secondary N) is 1. The van der Waals surface area contributed by atoms with Crippen molar-refractivity contribution in [3.63, 3.8) is 0 Å². The van der Waals surface area contributed by atoms with Gasteiger partial charge in [-0.1, -0.05) is 13.3 Å². The first-order valence-corrected chi connectivity index (χ1v) is 6.74. The standard InChI is InChI=1S/C13H29N3/c1-5-6-13(11-14-2)16(4)12-7-9-15(3)10-8-12/h12-14H,5-11H2,1-4H3. The van der Waals surface area contributed by atoms with Gasteiger partial charge >= 0.3 is 0 Å². The van der Waals surface area contributed by atoms with Gasteiger partial charge in [-0.15, -0.1) is 0 Å². The minimum Gasteiger partial charge on any atom is -0.318 e. The molecule has 16 heavy (non-hydrogen) atoms. The summed E-state index contributed by atoms with van der Waals surface area (Å²) in [5, 5.41) is 3.33. The van der Waals surface area contributed by atoms with Crippen LogP contribution in [0.5, 0.6) is 0 Å². The topological polar surface area (TPSA) is 18.5 Å². The summed E-state index contributed by atoms with van der Waals surface area (Å²) in [5.41, 5.74) is 0. The molecule has 0 aromatic carbocycles. The maximum Gasteiger partial charge on any atom is 0.0220 e. The molecule has 1 rings (SSSR count). The van der Waals surface area contributed by atoms with Crippen LogP contribution in [0.4, 0.5) is 0 Å². The Bertz CT molecular complexity index is 170. The highest BCUT2D eigenvalue weighted by Gasteiger charge is 2.24. The van der Waals surface area contributed by atoms with Crippen molar-refractivity contribution in [3.8, 4) is 0 Å². The van der Waals surface area contributed by atoms with Crippen LogP contribution in [-0.2, 0) is 0 Å². The SMILES string of the molecule is CCCC(CNC)N(C)C1CCN(C)CC1. The van der Waals surface area contributed by atoms with Crippen molar-refractivity contribution in [1.29, 1.82) is 0 Å². The van der Waals surface area contributed by atoms with Crippen molar-refractivity contribution in [3.05, 3.63) is 0 Å². The fraction of sp³-hybridized carbons (Fsp3) is 1.00. The molecule has 0 aliphatic carbocycles. The van der Waals surface area contributed by atoms with Crippen molar-refractivity contribution in [1.82, 2.24) is 15.1 Å². The third kappa shape index (κ3) is 4.04. The smallest absolute Gasteiger partial charge is 0.0220 e. The molecule has 1 atom stereocenters. The van der Waals surface area contributed by atoms with Crippen LogP contribution in [0.15, 0.2) is 0 Å². The molecule has 1 unspecified atom stereocenters. The van der Waals surface area contributed by atoms with Gasteiger partial charge in [-0.3, -0.25) is 4.90 Å².